The lowest BCUT2D eigenvalue weighted by atomic mass is 10.1. The molecule has 158 valence electrons. The van der Waals surface area contributed by atoms with E-state index in [0.29, 0.717) is 0 Å². The van der Waals surface area contributed by atoms with Crippen molar-refractivity contribution in [1.82, 2.24) is 4.90 Å². The van der Waals surface area contributed by atoms with E-state index in [0.717, 1.165) is 38.3 Å². The van der Waals surface area contributed by atoms with E-state index in [1.165, 1.54) is 61.3 Å². The zero-order valence-corrected chi connectivity index (χ0v) is 18.1. The summed E-state index contributed by atoms with van der Waals surface area (Å²) in [5.74, 6) is 1.02. The van der Waals surface area contributed by atoms with Crippen molar-refractivity contribution in [2.75, 3.05) is 37.7 Å². The van der Waals surface area contributed by atoms with Gasteiger partial charge in [0.1, 0.15) is 5.75 Å². The molecule has 1 saturated heterocycles. The first-order chi connectivity index (χ1) is 14.8. The van der Waals surface area contributed by atoms with Crippen LogP contribution in [0.2, 0.25) is 0 Å². The van der Waals surface area contributed by atoms with Crippen molar-refractivity contribution in [3.05, 3.63) is 77.9 Å². The molecule has 0 saturated carbocycles. The smallest absolute Gasteiger partial charge is 0.119 e. The lowest BCUT2D eigenvalue weighted by molar-refractivity contribution is 0.205. The second kappa shape index (κ2) is 10.5. The molecule has 0 unspecified atom stereocenters. The maximum absolute atomic E-state index is 6.07. The molecule has 3 nitrogen and oxygen atoms in total. The average Bonchev–Trinajstić information content (AvgIpc) is 3.18. The minimum atomic E-state index is 0.810. The van der Waals surface area contributed by atoms with Crippen molar-refractivity contribution in [2.45, 2.75) is 38.6 Å². The number of fused-ring (bicyclic) bond motifs is 1. The maximum Gasteiger partial charge on any atom is 0.119 e. The number of piperidine rings is 1. The third-order valence-corrected chi connectivity index (χ3v) is 6.13. The maximum atomic E-state index is 6.07. The fourth-order valence-corrected chi connectivity index (χ4v) is 4.56. The van der Waals surface area contributed by atoms with Crippen LogP contribution in [-0.4, -0.2) is 37.7 Å². The summed E-state index contributed by atoms with van der Waals surface area (Å²) in [5, 5.41) is 0. The Morgan fingerprint density at radius 1 is 1.00 bits per heavy atom. The first kappa shape index (κ1) is 20.7. The topological polar surface area (TPSA) is 15.7 Å². The molecule has 2 aromatic carbocycles. The third kappa shape index (κ3) is 5.54. The number of anilines is 1. The van der Waals surface area contributed by atoms with Crippen LogP contribution >= 0.6 is 0 Å². The summed E-state index contributed by atoms with van der Waals surface area (Å²) in [4.78, 5) is 5.06. The number of ether oxygens (including phenoxy) is 1. The van der Waals surface area contributed by atoms with Crippen molar-refractivity contribution in [1.29, 1.82) is 0 Å². The SMILES string of the molecule is C=C/C=C\c1cccc(CN2CCc3cc(OCCCN4CCCCC4)ccc32)c1. The zero-order valence-electron chi connectivity index (χ0n) is 18.1. The molecular formula is C27H34N2O. The lowest BCUT2D eigenvalue weighted by Crippen LogP contribution is -2.31. The van der Waals surface area contributed by atoms with Gasteiger partial charge in [-0.15, -0.1) is 0 Å². The molecule has 0 bridgehead atoms. The zero-order chi connectivity index (χ0) is 20.6. The number of nitrogens with zero attached hydrogens (tertiary/aromatic N) is 2. The van der Waals surface area contributed by atoms with Crippen LogP contribution in [0.25, 0.3) is 6.08 Å². The molecule has 2 heterocycles. The van der Waals surface area contributed by atoms with Crippen molar-refractivity contribution >= 4 is 11.8 Å². The number of likely N-dealkylation sites (tertiary alicyclic amines) is 1. The van der Waals surface area contributed by atoms with Crippen LogP contribution in [0.5, 0.6) is 5.75 Å². The molecule has 2 aliphatic heterocycles. The number of hydrogen-bond acceptors (Lipinski definition) is 3. The minimum absolute atomic E-state index is 0.810. The summed E-state index contributed by atoms with van der Waals surface area (Å²) < 4.78 is 6.07. The van der Waals surface area contributed by atoms with Gasteiger partial charge in [0.05, 0.1) is 6.61 Å². The molecule has 0 atom stereocenters. The van der Waals surface area contributed by atoms with E-state index >= 15 is 0 Å². The Labute approximate surface area is 181 Å². The first-order valence-electron chi connectivity index (χ1n) is 11.4. The van der Waals surface area contributed by atoms with E-state index in [1.807, 2.05) is 12.2 Å². The monoisotopic (exact) mass is 402 g/mol. The Morgan fingerprint density at radius 2 is 1.90 bits per heavy atom. The molecule has 0 amide bonds. The molecule has 2 aliphatic rings. The van der Waals surface area contributed by atoms with Crippen molar-refractivity contribution in [3.63, 3.8) is 0 Å². The minimum Gasteiger partial charge on any atom is -0.494 e. The molecule has 30 heavy (non-hydrogen) atoms. The number of allylic oxidation sites excluding steroid dienone is 2. The summed E-state index contributed by atoms with van der Waals surface area (Å²) in [7, 11) is 0. The molecule has 0 N–H and O–H groups in total. The second-order valence-corrected chi connectivity index (χ2v) is 8.41. The summed E-state index contributed by atoms with van der Waals surface area (Å²) >= 11 is 0. The second-order valence-electron chi connectivity index (χ2n) is 8.41. The van der Waals surface area contributed by atoms with Gasteiger partial charge >= 0.3 is 0 Å². The molecule has 0 aromatic heterocycles. The van der Waals surface area contributed by atoms with E-state index in [-0.39, 0.29) is 0 Å². The largest absolute Gasteiger partial charge is 0.494 e. The quantitative estimate of drug-likeness (QED) is 0.395. The lowest BCUT2D eigenvalue weighted by Gasteiger charge is -2.26. The highest BCUT2D eigenvalue weighted by Crippen LogP contribution is 2.32. The Hall–Kier alpha value is -2.52. The van der Waals surface area contributed by atoms with Gasteiger partial charge in [0.2, 0.25) is 0 Å². The van der Waals surface area contributed by atoms with Crippen molar-refractivity contribution in [2.24, 2.45) is 0 Å². The van der Waals surface area contributed by atoms with Gasteiger partial charge in [0.15, 0.2) is 0 Å². The van der Waals surface area contributed by atoms with Crippen LogP contribution in [0.4, 0.5) is 5.69 Å². The van der Waals surface area contributed by atoms with Crippen LogP contribution in [0, 0.1) is 0 Å². The van der Waals surface area contributed by atoms with Gasteiger partial charge in [-0.2, -0.15) is 0 Å². The summed E-state index contributed by atoms with van der Waals surface area (Å²) in [6.45, 7) is 10.3. The predicted molar refractivity (Wildman–Crippen MR) is 127 cm³/mol. The Balaban J connectivity index is 1.30. The molecule has 3 heteroatoms. The van der Waals surface area contributed by atoms with Crippen LogP contribution in [-0.2, 0) is 13.0 Å². The predicted octanol–water partition coefficient (Wildman–Crippen LogP) is 5.70. The van der Waals surface area contributed by atoms with E-state index in [9.17, 15) is 0 Å². The van der Waals surface area contributed by atoms with Crippen LogP contribution in [0.3, 0.4) is 0 Å². The highest BCUT2D eigenvalue weighted by Gasteiger charge is 2.20. The summed E-state index contributed by atoms with van der Waals surface area (Å²) in [6, 6.07) is 15.4. The normalized spacial score (nSPS) is 16.7. The highest BCUT2D eigenvalue weighted by atomic mass is 16.5. The standard InChI is InChI=1S/C27H34N2O/c1-2-3-9-23-10-7-11-24(20-23)22-29-18-14-25-21-26(12-13-27(25)29)30-19-8-17-28-15-5-4-6-16-28/h2-3,7,9-13,20-21H,1,4-6,8,14-19,22H2/b9-3-. The summed E-state index contributed by atoms with van der Waals surface area (Å²) in [5.41, 5.74) is 5.32. The first-order valence-corrected chi connectivity index (χ1v) is 11.4. The fourth-order valence-electron chi connectivity index (χ4n) is 4.56. The van der Waals surface area contributed by atoms with Crippen LogP contribution in [0.1, 0.15) is 42.4 Å². The molecule has 0 radical (unpaired) electrons. The Kier molecular flexibility index (Phi) is 7.25. The molecule has 4 rings (SSSR count). The van der Waals surface area contributed by atoms with Gasteiger partial charge < -0.3 is 14.5 Å². The average molecular weight is 403 g/mol. The van der Waals surface area contributed by atoms with Gasteiger partial charge in [-0.1, -0.05) is 49.4 Å². The van der Waals surface area contributed by atoms with E-state index < -0.39 is 0 Å². The van der Waals surface area contributed by atoms with Gasteiger partial charge in [-0.25, -0.2) is 0 Å². The molecule has 0 aliphatic carbocycles. The number of rotatable bonds is 9. The Bertz CT molecular complexity index is 867. The van der Waals surface area contributed by atoms with E-state index in [4.69, 9.17) is 4.74 Å². The van der Waals surface area contributed by atoms with Gasteiger partial charge in [0, 0.05) is 25.3 Å². The molecule has 1 fully saturated rings. The van der Waals surface area contributed by atoms with Crippen molar-refractivity contribution in [3.8, 4) is 5.75 Å². The van der Waals surface area contributed by atoms with Crippen LogP contribution in [0.15, 0.2) is 61.2 Å². The van der Waals surface area contributed by atoms with Crippen molar-refractivity contribution < 1.29 is 4.74 Å². The third-order valence-electron chi connectivity index (χ3n) is 6.13. The van der Waals surface area contributed by atoms with Crippen LogP contribution < -0.4 is 9.64 Å². The van der Waals surface area contributed by atoms with E-state index in [1.54, 1.807) is 0 Å². The number of benzene rings is 2. The summed E-state index contributed by atoms with van der Waals surface area (Å²) in [6.07, 6.45) is 12.2. The fraction of sp³-hybridized carbons (Fsp3) is 0.407. The van der Waals surface area contributed by atoms with Gasteiger partial charge in [0.25, 0.3) is 0 Å². The van der Waals surface area contributed by atoms with Gasteiger partial charge in [-0.3, -0.25) is 0 Å². The molecule has 2 aromatic rings. The highest BCUT2D eigenvalue weighted by molar-refractivity contribution is 5.61. The van der Waals surface area contributed by atoms with Gasteiger partial charge in [-0.05, 0) is 79.7 Å². The molecular weight excluding hydrogens is 368 g/mol. The molecule has 0 spiro atoms. The van der Waals surface area contributed by atoms with E-state index in [2.05, 4.69) is 64.9 Å². The Morgan fingerprint density at radius 3 is 2.77 bits per heavy atom. The number of hydrogen-bond donors (Lipinski definition) is 0.